The van der Waals surface area contributed by atoms with Crippen LogP contribution in [-0.4, -0.2) is 19.1 Å². The van der Waals surface area contributed by atoms with Gasteiger partial charge in [-0.2, -0.15) is 0 Å². The third kappa shape index (κ3) is 3.33. The predicted octanol–water partition coefficient (Wildman–Crippen LogP) is 4.00. The highest BCUT2D eigenvalue weighted by molar-refractivity contribution is 5.85. The van der Waals surface area contributed by atoms with Crippen molar-refractivity contribution in [2.45, 2.75) is 18.9 Å². The molecule has 0 amide bonds. The molecule has 0 aliphatic carbocycles. The lowest BCUT2D eigenvalue weighted by atomic mass is 10.0. The van der Waals surface area contributed by atoms with Crippen molar-refractivity contribution in [1.29, 1.82) is 0 Å². The van der Waals surface area contributed by atoms with Gasteiger partial charge in [-0.15, -0.1) is 12.4 Å². The average molecular weight is 289 g/mol. The predicted molar refractivity (Wildman–Crippen MR) is 88.2 cm³/mol. The molecule has 1 saturated heterocycles. The number of anilines is 2. The molecule has 20 heavy (non-hydrogen) atoms. The van der Waals surface area contributed by atoms with Gasteiger partial charge in [-0.05, 0) is 50.2 Å². The van der Waals surface area contributed by atoms with Gasteiger partial charge in [0.1, 0.15) is 0 Å². The first-order valence-corrected chi connectivity index (χ1v) is 7.05. The first-order valence-electron chi connectivity index (χ1n) is 7.05. The number of halogens is 1. The van der Waals surface area contributed by atoms with E-state index in [-0.39, 0.29) is 12.4 Å². The van der Waals surface area contributed by atoms with Gasteiger partial charge in [0.05, 0.1) is 0 Å². The summed E-state index contributed by atoms with van der Waals surface area (Å²) in [6, 6.07) is 22.0. The standard InChI is InChI=1S/C17H20N2.ClH/c1-3-7-15(8-4-1)19(16-9-5-2-6-10-16)17-11-13-18-14-12-17;/h1-10,17-18H,11-14H2;1H. The van der Waals surface area contributed by atoms with Crippen molar-refractivity contribution >= 4 is 23.8 Å². The number of nitrogens with zero attached hydrogens (tertiary/aromatic N) is 1. The van der Waals surface area contributed by atoms with E-state index < -0.39 is 0 Å². The summed E-state index contributed by atoms with van der Waals surface area (Å²) in [6.07, 6.45) is 2.40. The first kappa shape index (κ1) is 14.9. The van der Waals surface area contributed by atoms with Gasteiger partial charge >= 0.3 is 0 Å². The molecule has 2 nitrogen and oxygen atoms in total. The van der Waals surface area contributed by atoms with Crippen LogP contribution in [0.3, 0.4) is 0 Å². The van der Waals surface area contributed by atoms with Crippen LogP contribution in [0.1, 0.15) is 12.8 Å². The minimum Gasteiger partial charge on any atom is -0.338 e. The normalized spacial score (nSPS) is 15.4. The Morgan fingerprint density at radius 1 is 0.750 bits per heavy atom. The second-order valence-corrected chi connectivity index (χ2v) is 5.02. The van der Waals surface area contributed by atoms with E-state index in [9.17, 15) is 0 Å². The molecule has 0 bridgehead atoms. The van der Waals surface area contributed by atoms with Crippen LogP contribution in [-0.2, 0) is 0 Å². The molecule has 2 aromatic rings. The summed E-state index contributed by atoms with van der Waals surface area (Å²) in [4.78, 5) is 2.49. The molecule has 1 N–H and O–H groups in total. The van der Waals surface area contributed by atoms with Gasteiger partial charge < -0.3 is 10.2 Å². The summed E-state index contributed by atoms with van der Waals surface area (Å²) in [7, 11) is 0. The lowest BCUT2D eigenvalue weighted by Gasteiger charge is -2.36. The van der Waals surface area contributed by atoms with Crippen LogP contribution in [0.4, 0.5) is 11.4 Å². The van der Waals surface area contributed by atoms with Crippen LogP contribution in [0.5, 0.6) is 0 Å². The quantitative estimate of drug-likeness (QED) is 0.918. The molecule has 2 aromatic carbocycles. The molecule has 1 heterocycles. The molecule has 0 atom stereocenters. The first-order chi connectivity index (χ1) is 9.45. The van der Waals surface area contributed by atoms with Crippen molar-refractivity contribution in [3.63, 3.8) is 0 Å². The van der Waals surface area contributed by atoms with Gasteiger partial charge in [-0.3, -0.25) is 0 Å². The summed E-state index contributed by atoms with van der Waals surface area (Å²) in [5.74, 6) is 0. The second kappa shape index (κ2) is 7.32. The zero-order valence-electron chi connectivity index (χ0n) is 11.5. The van der Waals surface area contributed by atoms with Crippen LogP contribution in [0.25, 0.3) is 0 Å². The fourth-order valence-electron chi connectivity index (χ4n) is 2.81. The third-order valence-electron chi connectivity index (χ3n) is 3.74. The highest BCUT2D eigenvalue weighted by atomic mass is 35.5. The maximum Gasteiger partial charge on any atom is 0.0413 e. The van der Waals surface area contributed by atoms with E-state index in [4.69, 9.17) is 0 Å². The number of rotatable bonds is 3. The molecular formula is C17H21ClN2. The van der Waals surface area contributed by atoms with Gasteiger partial charge in [-0.1, -0.05) is 36.4 Å². The van der Waals surface area contributed by atoms with Gasteiger partial charge in [0, 0.05) is 17.4 Å². The Labute approximate surface area is 127 Å². The maximum absolute atomic E-state index is 3.45. The summed E-state index contributed by atoms with van der Waals surface area (Å²) >= 11 is 0. The molecular weight excluding hydrogens is 268 g/mol. The van der Waals surface area contributed by atoms with Crippen molar-refractivity contribution in [1.82, 2.24) is 5.32 Å². The average Bonchev–Trinajstić information content (AvgIpc) is 2.51. The molecule has 3 rings (SSSR count). The molecule has 0 unspecified atom stereocenters. The Bertz CT molecular complexity index is 455. The largest absolute Gasteiger partial charge is 0.338 e. The van der Waals surface area contributed by atoms with Gasteiger partial charge in [0.15, 0.2) is 0 Å². The van der Waals surface area contributed by atoms with E-state index >= 15 is 0 Å². The number of benzene rings is 2. The Balaban J connectivity index is 0.00000147. The number of hydrogen-bond acceptors (Lipinski definition) is 2. The third-order valence-corrected chi connectivity index (χ3v) is 3.74. The highest BCUT2D eigenvalue weighted by Gasteiger charge is 2.22. The van der Waals surface area contributed by atoms with E-state index in [1.807, 2.05) is 0 Å². The fraction of sp³-hybridized carbons (Fsp3) is 0.294. The Morgan fingerprint density at radius 2 is 1.20 bits per heavy atom. The number of nitrogens with one attached hydrogen (secondary N) is 1. The SMILES string of the molecule is Cl.c1ccc(N(c2ccccc2)C2CCNCC2)cc1. The van der Waals surface area contributed by atoms with E-state index in [1.165, 1.54) is 24.2 Å². The molecule has 1 fully saturated rings. The molecule has 0 aromatic heterocycles. The Hall–Kier alpha value is -1.51. The second-order valence-electron chi connectivity index (χ2n) is 5.02. The van der Waals surface area contributed by atoms with E-state index in [1.54, 1.807) is 0 Å². The minimum atomic E-state index is 0. The van der Waals surface area contributed by atoms with Crippen molar-refractivity contribution in [3.05, 3.63) is 60.7 Å². The minimum absolute atomic E-state index is 0. The van der Waals surface area contributed by atoms with Crippen LogP contribution >= 0.6 is 12.4 Å². The zero-order chi connectivity index (χ0) is 12.9. The van der Waals surface area contributed by atoms with Crippen molar-refractivity contribution in [2.24, 2.45) is 0 Å². The summed E-state index contributed by atoms with van der Waals surface area (Å²) in [5, 5.41) is 3.45. The molecule has 1 aliphatic rings. The molecule has 0 saturated carbocycles. The van der Waals surface area contributed by atoms with Crippen LogP contribution < -0.4 is 10.2 Å². The summed E-state index contributed by atoms with van der Waals surface area (Å²) in [5.41, 5.74) is 2.58. The number of hydrogen-bond donors (Lipinski definition) is 1. The van der Waals surface area contributed by atoms with Crippen molar-refractivity contribution in [2.75, 3.05) is 18.0 Å². The van der Waals surface area contributed by atoms with Crippen LogP contribution in [0.15, 0.2) is 60.7 Å². The highest BCUT2D eigenvalue weighted by Crippen LogP contribution is 2.30. The summed E-state index contributed by atoms with van der Waals surface area (Å²) < 4.78 is 0. The maximum atomic E-state index is 3.45. The Kier molecular flexibility index (Phi) is 5.45. The van der Waals surface area contributed by atoms with Gasteiger partial charge in [-0.25, -0.2) is 0 Å². The van der Waals surface area contributed by atoms with E-state index in [0.29, 0.717) is 6.04 Å². The van der Waals surface area contributed by atoms with Crippen LogP contribution in [0, 0.1) is 0 Å². The summed E-state index contributed by atoms with van der Waals surface area (Å²) in [6.45, 7) is 2.22. The smallest absolute Gasteiger partial charge is 0.0413 e. The van der Waals surface area contributed by atoms with Gasteiger partial charge in [0.25, 0.3) is 0 Å². The van der Waals surface area contributed by atoms with Crippen LogP contribution in [0.2, 0.25) is 0 Å². The Morgan fingerprint density at radius 3 is 1.65 bits per heavy atom. The van der Waals surface area contributed by atoms with Crippen molar-refractivity contribution in [3.8, 4) is 0 Å². The number of para-hydroxylation sites is 2. The lowest BCUT2D eigenvalue weighted by Crippen LogP contribution is -2.40. The van der Waals surface area contributed by atoms with E-state index in [0.717, 1.165) is 13.1 Å². The van der Waals surface area contributed by atoms with Crippen molar-refractivity contribution < 1.29 is 0 Å². The van der Waals surface area contributed by atoms with Gasteiger partial charge in [0.2, 0.25) is 0 Å². The molecule has 0 radical (unpaired) electrons. The molecule has 106 valence electrons. The van der Waals surface area contributed by atoms with E-state index in [2.05, 4.69) is 70.9 Å². The zero-order valence-corrected chi connectivity index (χ0v) is 12.4. The lowest BCUT2D eigenvalue weighted by molar-refractivity contribution is 0.452. The molecule has 0 spiro atoms. The fourth-order valence-corrected chi connectivity index (χ4v) is 2.81. The topological polar surface area (TPSA) is 15.3 Å². The monoisotopic (exact) mass is 288 g/mol. The molecule has 1 aliphatic heterocycles. The molecule has 3 heteroatoms. The number of piperidine rings is 1.